The molecule has 2 N–H and O–H groups in total. The normalized spacial score (nSPS) is 14.9. The van der Waals surface area contributed by atoms with E-state index in [2.05, 4.69) is 0 Å². The van der Waals surface area contributed by atoms with Crippen molar-refractivity contribution < 1.29 is 26.5 Å². The third-order valence-electron chi connectivity index (χ3n) is 3.62. The second-order valence-corrected chi connectivity index (χ2v) is 9.07. The molecule has 0 radical (unpaired) electrons. The van der Waals surface area contributed by atoms with Crippen molar-refractivity contribution in [2.24, 2.45) is 0 Å². The van der Waals surface area contributed by atoms with Crippen molar-refractivity contribution >= 4 is 20.0 Å². The van der Waals surface area contributed by atoms with Crippen molar-refractivity contribution in [1.82, 2.24) is 0 Å². The van der Waals surface area contributed by atoms with Crippen molar-refractivity contribution in [2.75, 3.05) is 11.5 Å². The van der Waals surface area contributed by atoms with Crippen LogP contribution in [-0.4, -0.2) is 38.0 Å². The molecule has 6 nitrogen and oxygen atoms in total. The lowest BCUT2D eigenvalue weighted by Gasteiger charge is -2.28. The number of rotatable bonds is 7. The maximum absolute atomic E-state index is 12.6. The quantitative estimate of drug-likeness (QED) is 0.717. The van der Waals surface area contributed by atoms with Crippen molar-refractivity contribution in [2.45, 2.75) is 16.9 Å². The molecule has 130 valence electrons. The largest absolute Gasteiger partial charge is 0.384 e. The summed E-state index contributed by atoms with van der Waals surface area (Å²) in [4.78, 5) is 0.0335. The van der Waals surface area contributed by atoms with E-state index < -0.39 is 43.5 Å². The number of benzene rings is 2. The molecule has 2 rings (SSSR count). The summed E-state index contributed by atoms with van der Waals surface area (Å²) in [6.07, 6.45) is -0.443. The van der Waals surface area contributed by atoms with E-state index in [1.54, 1.807) is 36.4 Å². The number of hydrogen-bond acceptors (Lipinski definition) is 5. The molecule has 2 aromatic rings. The molecule has 0 aromatic heterocycles. The molecule has 2 aromatic carbocycles. The minimum absolute atomic E-state index is 0.0335. The van der Waals surface area contributed by atoms with Crippen LogP contribution in [0.25, 0.3) is 0 Å². The smallest absolute Gasteiger partial charge is 0.264 e. The summed E-state index contributed by atoms with van der Waals surface area (Å²) >= 11 is 0. The molecule has 0 saturated carbocycles. The van der Waals surface area contributed by atoms with E-state index in [9.17, 15) is 21.9 Å². The van der Waals surface area contributed by atoms with Gasteiger partial charge in [-0.3, -0.25) is 4.55 Å². The van der Waals surface area contributed by atoms with Crippen molar-refractivity contribution in [3.05, 3.63) is 66.2 Å². The van der Waals surface area contributed by atoms with Gasteiger partial charge in [-0.1, -0.05) is 48.5 Å². The fourth-order valence-corrected chi connectivity index (χ4v) is 4.65. The third-order valence-corrected chi connectivity index (χ3v) is 6.18. The van der Waals surface area contributed by atoms with E-state index in [0.29, 0.717) is 0 Å². The van der Waals surface area contributed by atoms with Crippen LogP contribution in [-0.2, 0) is 25.6 Å². The highest BCUT2D eigenvalue weighted by Crippen LogP contribution is 2.29. The van der Waals surface area contributed by atoms with Crippen LogP contribution >= 0.6 is 0 Å². The summed E-state index contributed by atoms with van der Waals surface area (Å²) < 4.78 is 56.2. The summed E-state index contributed by atoms with van der Waals surface area (Å²) in [6, 6.07) is 15.6. The van der Waals surface area contributed by atoms with E-state index in [0.717, 1.165) is 0 Å². The Hall–Kier alpha value is -1.74. The predicted octanol–water partition coefficient (Wildman–Crippen LogP) is 1.63. The molecule has 0 spiro atoms. The maximum Gasteiger partial charge on any atom is 0.264 e. The molecule has 0 amide bonds. The molecule has 24 heavy (non-hydrogen) atoms. The molecule has 0 fully saturated rings. The minimum atomic E-state index is -4.34. The summed E-state index contributed by atoms with van der Waals surface area (Å²) in [6.45, 7) is 0. The number of sulfone groups is 1. The lowest BCUT2D eigenvalue weighted by molar-refractivity contribution is 0.0568. The van der Waals surface area contributed by atoms with Gasteiger partial charge in [0.25, 0.3) is 10.1 Å². The van der Waals surface area contributed by atoms with Gasteiger partial charge in [0.05, 0.1) is 16.4 Å². The standard InChI is InChI=1S/C16H18O6S2/c17-16(11-12-24(20,21)22,14-7-3-1-4-8-14)13-23(18,19)15-9-5-2-6-10-15/h1-10,17H,11-13H2,(H,20,21,22). The van der Waals surface area contributed by atoms with E-state index in [-0.39, 0.29) is 10.5 Å². The van der Waals surface area contributed by atoms with Gasteiger partial charge in [-0.2, -0.15) is 8.42 Å². The Morgan fingerprint density at radius 1 is 0.833 bits per heavy atom. The van der Waals surface area contributed by atoms with Crippen LogP contribution in [0.15, 0.2) is 65.6 Å². The van der Waals surface area contributed by atoms with Gasteiger partial charge in [0, 0.05) is 0 Å². The molecule has 0 bridgehead atoms. The highest BCUT2D eigenvalue weighted by atomic mass is 32.2. The summed E-state index contributed by atoms with van der Waals surface area (Å²) in [5.74, 6) is -1.44. The van der Waals surface area contributed by atoms with Gasteiger partial charge < -0.3 is 5.11 Å². The molecular formula is C16H18O6S2. The lowest BCUT2D eigenvalue weighted by Crippen LogP contribution is -2.36. The monoisotopic (exact) mass is 370 g/mol. The Labute approximate surface area is 141 Å². The zero-order chi connectivity index (χ0) is 17.8. The van der Waals surface area contributed by atoms with Gasteiger partial charge >= 0.3 is 0 Å². The Bertz CT molecular complexity index is 877. The lowest BCUT2D eigenvalue weighted by atomic mass is 9.93. The fourth-order valence-electron chi connectivity index (χ4n) is 2.37. The topological polar surface area (TPSA) is 109 Å². The van der Waals surface area contributed by atoms with Crippen molar-refractivity contribution in [3.63, 3.8) is 0 Å². The van der Waals surface area contributed by atoms with Crippen LogP contribution in [0, 0.1) is 0 Å². The van der Waals surface area contributed by atoms with Gasteiger partial charge in [-0.25, -0.2) is 8.42 Å². The first kappa shape index (κ1) is 18.6. The third kappa shape index (κ3) is 4.88. The first-order chi connectivity index (χ1) is 11.1. The van der Waals surface area contributed by atoms with E-state index >= 15 is 0 Å². The minimum Gasteiger partial charge on any atom is -0.384 e. The van der Waals surface area contributed by atoms with Gasteiger partial charge in [-0.15, -0.1) is 0 Å². The second-order valence-electron chi connectivity index (χ2n) is 5.51. The Balaban J connectivity index is 2.40. The van der Waals surface area contributed by atoms with E-state index in [4.69, 9.17) is 4.55 Å². The maximum atomic E-state index is 12.6. The number of aliphatic hydroxyl groups is 1. The first-order valence-corrected chi connectivity index (χ1v) is 10.4. The van der Waals surface area contributed by atoms with Crippen LogP contribution in [0.4, 0.5) is 0 Å². The number of hydrogen-bond donors (Lipinski definition) is 2. The fraction of sp³-hybridized carbons (Fsp3) is 0.250. The highest BCUT2D eigenvalue weighted by Gasteiger charge is 2.36. The van der Waals surface area contributed by atoms with Gasteiger partial charge in [0.15, 0.2) is 9.84 Å². The molecule has 0 aliphatic heterocycles. The second kappa shape index (κ2) is 7.02. The molecule has 0 aliphatic carbocycles. The molecule has 1 unspecified atom stereocenters. The molecule has 1 atom stereocenters. The molecule has 8 heteroatoms. The molecule has 0 saturated heterocycles. The zero-order valence-corrected chi connectivity index (χ0v) is 14.4. The van der Waals surface area contributed by atoms with Gasteiger partial charge in [0.1, 0.15) is 5.60 Å². The summed E-state index contributed by atoms with van der Waals surface area (Å²) in [5.41, 5.74) is -1.67. The van der Waals surface area contributed by atoms with E-state index in [1.807, 2.05) is 0 Å². The van der Waals surface area contributed by atoms with Crippen LogP contribution in [0.3, 0.4) is 0 Å². The Kier molecular flexibility index (Phi) is 5.44. The van der Waals surface area contributed by atoms with Gasteiger partial charge in [0.2, 0.25) is 0 Å². The van der Waals surface area contributed by atoms with Gasteiger partial charge in [-0.05, 0) is 24.1 Å². The van der Waals surface area contributed by atoms with Crippen LogP contribution < -0.4 is 0 Å². The summed E-state index contributed by atoms with van der Waals surface area (Å²) in [5, 5.41) is 10.9. The van der Waals surface area contributed by atoms with Crippen molar-refractivity contribution in [3.8, 4) is 0 Å². The summed E-state index contributed by atoms with van der Waals surface area (Å²) in [7, 11) is -8.20. The molecule has 0 heterocycles. The van der Waals surface area contributed by atoms with Crippen LogP contribution in [0.5, 0.6) is 0 Å². The van der Waals surface area contributed by atoms with Crippen molar-refractivity contribution in [1.29, 1.82) is 0 Å². The molecular weight excluding hydrogens is 352 g/mol. The van der Waals surface area contributed by atoms with E-state index in [1.165, 1.54) is 24.3 Å². The average Bonchev–Trinajstić information content (AvgIpc) is 2.54. The van der Waals surface area contributed by atoms with Crippen LogP contribution in [0.2, 0.25) is 0 Å². The SMILES string of the molecule is O=S(=O)(O)CCC(O)(CS(=O)(=O)c1ccccc1)c1ccccc1. The van der Waals surface area contributed by atoms with Crippen LogP contribution in [0.1, 0.15) is 12.0 Å². The predicted molar refractivity (Wildman–Crippen MR) is 89.9 cm³/mol. The highest BCUT2D eigenvalue weighted by molar-refractivity contribution is 7.91. The first-order valence-electron chi connectivity index (χ1n) is 7.13. The zero-order valence-electron chi connectivity index (χ0n) is 12.7. The molecule has 0 aliphatic rings. The average molecular weight is 370 g/mol. The Morgan fingerprint density at radius 2 is 1.33 bits per heavy atom. The Morgan fingerprint density at radius 3 is 1.83 bits per heavy atom.